The van der Waals surface area contributed by atoms with E-state index in [-0.39, 0.29) is 0 Å². The third-order valence-corrected chi connectivity index (χ3v) is 2.12. The van der Waals surface area contributed by atoms with E-state index in [1.807, 2.05) is 40.7 Å². The van der Waals surface area contributed by atoms with Gasteiger partial charge in [-0.1, -0.05) is 6.07 Å². The molecule has 0 spiro atoms. The maximum Gasteiger partial charge on any atom is 0.407 e. The molecular weight excluding hydrogens is 216 g/mol. The van der Waals surface area contributed by atoms with Crippen LogP contribution in [0.15, 0.2) is 12.3 Å². The van der Waals surface area contributed by atoms with Crippen molar-refractivity contribution in [2.45, 2.75) is 46.8 Å². The summed E-state index contributed by atoms with van der Waals surface area (Å²) in [4.78, 5) is 15.7. The number of carbonyl (C=O) groups excluding carboxylic acids is 1. The molecule has 0 fully saturated rings. The quantitative estimate of drug-likeness (QED) is 0.859. The molecule has 1 rings (SSSR count). The molecule has 0 radical (unpaired) electrons. The number of nitrogens with one attached hydrogen (secondary N) is 1. The Labute approximate surface area is 102 Å². The second-order valence-electron chi connectivity index (χ2n) is 5.13. The number of aryl methyl sites for hydroxylation is 2. The summed E-state index contributed by atoms with van der Waals surface area (Å²) < 4.78 is 5.15. The number of carbonyl (C=O) groups is 1. The van der Waals surface area contributed by atoms with Gasteiger partial charge in [-0.25, -0.2) is 4.79 Å². The van der Waals surface area contributed by atoms with E-state index >= 15 is 0 Å². The van der Waals surface area contributed by atoms with E-state index < -0.39 is 11.7 Å². The molecule has 4 nitrogen and oxygen atoms in total. The number of amides is 1. The SMILES string of the molecule is Cc1cnc(CNC(=O)OC(C)(C)C)c(C)c1. The first kappa shape index (κ1) is 13.5. The van der Waals surface area contributed by atoms with Gasteiger partial charge in [0.1, 0.15) is 5.60 Å². The number of nitrogens with zero attached hydrogens (tertiary/aromatic N) is 1. The van der Waals surface area contributed by atoms with Crippen LogP contribution in [0.2, 0.25) is 0 Å². The molecule has 1 N–H and O–H groups in total. The van der Waals surface area contributed by atoms with Gasteiger partial charge in [0.25, 0.3) is 0 Å². The lowest BCUT2D eigenvalue weighted by molar-refractivity contribution is 0.0523. The zero-order chi connectivity index (χ0) is 13.1. The highest BCUT2D eigenvalue weighted by Gasteiger charge is 2.15. The van der Waals surface area contributed by atoms with Crippen molar-refractivity contribution in [3.8, 4) is 0 Å². The van der Waals surface area contributed by atoms with Crippen LogP contribution < -0.4 is 5.32 Å². The Balaban J connectivity index is 2.53. The summed E-state index contributed by atoms with van der Waals surface area (Å²) in [5.41, 5.74) is 2.57. The van der Waals surface area contributed by atoms with Crippen molar-refractivity contribution in [3.63, 3.8) is 0 Å². The van der Waals surface area contributed by atoms with Crippen LogP contribution in [0.4, 0.5) is 4.79 Å². The van der Waals surface area contributed by atoms with Crippen LogP contribution in [0, 0.1) is 13.8 Å². The van der Waals surface area contributed by atoms with Gasteiger partial charge in [-0.15, -0.1) is 0 Å². The van der Waals surface area contributed by atoms with E-state index in [0.29, 0.717) is 6.54 Å². The van der Waals surface area contributed by atoms with Gasteiger partial charge in [0.2, 0.25) is 0 Å². The minimum atomic E-state index is -0.472. The molecule has 0 aliphatic heterocycles. The lowest BCUT2D eigenvalue weighted by Gasteiger charge is -2.19. The molecule has 0 bridgehead atoms. The summed E-state index contributed by atoms with van der Waals surface area (Å²) >= 11 is 0. The lowest BCUT2D eigenvalue weighted by Crippen LogP contribution is -2.32. The predicted molar refractivity (Wildman–Crippen MR) is 66.8 cm³/mol. The molecular formula is C13H20N2O2. The Morgan fingerprint density at radius 2 is 2.06 bits per heavy atom. The smallest absolute Gasteiger partial charge is 0.407 e. The van der Waals surface area contributed by atoms with E-state index in [0.717, 1.165) is 16.8 Å². The van der Waals surface area contributed by atoms with Crippen LogP contribution in [0.25, 0.3) is 0 Å². The normalized spacial score (nSPS) is 11.1. The summed E-state index contributed by atoms with van der Waals surface area (Å²) in [6, 6.07) is 2.04. The average molecular weight is 236 g/mol. The highest BCUT2D eigenvalue weighted by molar-refractivity contribution is 5.67. The molecule has 17 heavy (non-hydrogen) atoms. The summed E-state index contributed by atoms with van der Waals surface area (Å²) in [5, 5.41) is 2.69. The fraction of sp³-hybridized carbons (Fsp3) is 0.538. The third kappa shape index (κ3) is 4.85. The van der Waals surface area contributed by atoms with E-state index in [1.54, 1.807) is 6.20 Å². The van der Waals surface area contributed by atoms with Gasteiger partial charge in [-0.05, 0) is 45.7 Å². The van der Waals surface area contributed by atoms with Crippen LogP contribution in [-0.4, -0.2) is 16.7 Å². The van der Waals surface area contributed by atoms with Crippen molar-refractivity contribution in [2.24, 2.45) is 0 Å². The van der Waals surface area contributed by atoms with E-state index in [1.165, 1.54) is 0 Å². The average Bonchev–Trinajstić information content (AvgIpc) is 2.13. The molecule has 0 unspecified atom stereocenters. The van der Waals surface area contributed by atoms with Crippen molar-refractivity contribution in [1.82, 2.24) is 10.3 Å². The highest BCUT2D eigenvalue weighted by Crippen LogP contribution is 2.08. The van der Waals surface area contributed by atoms with Crippen LogP contribution in [0.5, 0.6) is 0 Å². The Morgan fingerprint density at radius 3 is 2.59 bits per heavy atom. The molecule has 1 amide bonds. The standard InChI is InChI=1S/C13H20N2O2/c1-9-6-10(2)11(14-7-9)8-15-12(16)17-13(3,4)5/h6-7H,8H2,1-5H3,(H,15,16). The van der Waals surface area contributed by atoms with E-state index in [9.17, 15) is 4.79 Å². The van der Waals surface area contributed by atoms with Gasteiger partial charge in [-0.2, -0.15) is 0 Å². The summed E-state index contributed by atoms with van der Waals surface area (Å²) in [6.07, 6.45) is 1.37. The summed E-state index contributed by atoms with van der Waals surface area (Å²) in [6.45, 7) is 9.87. The summed E-state index contributed by atoms with van der Waals surface area (Å²) in [5.74, 6) is 0. The molecule has 0 saturated carbocycles. The predicted octanol–water partition coefficient (Wildman–Crippen LogP) is 2.72. The van der Waals surface area contributed by atoms with Crippen LogP contribution in [0.3, 0.4) is 0 Å². The number of hydrogen-bond donors (Lipinski definition) is 1. The van der Waals surface area contributed by atoms with Crippen molar-refractivity contribution in [2.75, 3.05) is 0 Å². The number of aromatic nitrogens is 1. The molecule has 4 heteroatoms. The number of ether oxygens (including phenoxy) is 1. The Kier molecular flexibility index (Phi) is 4.10. The first-order valence-corrected chi connectivity index (χ1v) is 5.67. The van der Waals surface area contributed by atoms with Gasteiger partial charge in [0.05, 0.1) is 12.2 Å². The molecule has 1 aromatic rings. The number of hydrogen-bond acceptors (Lipinski definition) is 3. The lowest BCUT2D eigenvalue weighted by atomic mass is 10.1. The van der Waals surface area contributed by atoms with Crippen molar-refractivity contribution in [3.05, 3.63) is 29.1 Å². The fourth-order valence-corrected chi connectivity index (χ4v) is 1.40. The largest absolute Gasteiger partial charge is 0.444 e. The number of alkyl carbamates (subject to hydrolysis) is 1. The Bertz CT molecular complexity index is 408. The van der Waals surface area contributed by atoms with Crippen molar-refractivity contribution >= 4 is 6.09 Å². The van der Waals surface area contributed by atoms with E-state index in [2.05, 4.69) is 10.3 Å². The minimum absolute atomic E-state index is 0.390. The molecule has 94 valence electrons. The third-order valence-electron chi connectivity index (χ3n) is 2.12. The molecule has 1 aromatic heterocycles. The number of rotatable bonds is 2. The van der Waals surface area contributed by atoms with Crippen LogP contribution in [-0.2, 0) is 11.3 Å². The maximum absolute atomic E-state index is 11.4. The van der Waals surface area contributed by atoms with E-state index in [4.69, 9.17) is 4.74 Å². The monoisotopic (exact) mass is 236 g/mol. The second kappa shape index (κ2) is 5.17. The molecule has 0 aliphatic carbocycles. The first-order valence-electron chi connectivity index (χ1n) is 5.67. The van der Waals surface area contributed by atoms with Gasteiger partial charge in [-0.3, -0.25) is 4.98 Å². The second-order valence-corrected chi connectivity index (χ2v) is 5.13. The molecule has 0 aliphatic rings. The molecule has 1 heterocycles. The minimum Gasteiger partial charge on any atom is -0.444 e. The van der Waals surface area contributed by atoms with Crippen molar-refractivity contribution in [1.29, 1.82) is 0 Å². The van der Waals surface area contributed by atoms with Crippen molar-refractivity contribution < 1.29 is 9.53 Å². The molecule has 0 aromatic carbocycles. The van der Waals surface area contributed by atoms with Gasteiger partial charge in [0, 0.05) is 6.20 Å². The van der Waals surface area contributed by atoms with Crippen LogP contribution >= 0.6 is 0 Å². The zero-order valence-corrected chi connectivity index (χ0v) is 11.1. The maximum atomic E-state index is 11.4. The molecule has 0 atom stereocenters. The Hall–Kier alpha value is -1.58. The molecule has 0 saturated heterocycles. The zero-order valence-electron chi connectivity index (χ0n) is 11.1. The topological polar surface area (TPSA) is 51.2 Å². The van der Waals surface area contributed by atoms with Gasteiger partial charge >= 0.3 is 6.09 Å². The van der Waals surface area contributed by atoms with Crippen LogP contribution in [0.1, 0.15) is 37.6 Å². The van der Waals surface area contributed by atoms with Gasteiger partial charge < -0.3 is 10.1 Å². The fourth-order valence-electron chi connectivity index (χ4n) is 1.40. The number of pyridine rings is 1. The van der Waals surface area contributed by atoms with Gasteiger partial charge in [0.15, 0.2) is 0 Å². The first-order chi connectivity index (χ1) is 7.78. The highest BCUT2D eigenvalue weighted by atomic mass is 16.6. The summed E-state index contributed by atoms with van der Waals surface area (Å²) in [7, 11) is 0. The Morgan fingerprint density at radius 1 is 1.41 bits per heavy atom.